The van der Waals surface area contributed by atoms with Crippen molar-refractivity contribution in [2.45, 2.75) is 13.0 Å². The van der Waals surface area contributed by atoms with E-state index in [9.17, 15) is 4.79 Å². The molecular formula is C12H14O3. The number of benzene rings is 1. The first-order valence-electron chi connectivity index (χ1n) is 4.76. The Hall–Kier alpha value is -1.61. The molecule has 0 radical (unpaired) electrons. The fourth-order valence-corrected chi connectivity index (χ4v) is 1.17. The molecule has 0 amide bonds. The van der Waals surface area contributed by atoms with Crippen LogP contribution in [0.1, 0.15) is 18.6 Å². The lowest BCUT2D eigenvalue weighted by Gasteiger charge is -2.11. The maximum absolute atomic E-state index is 10.2. The van der Waals surface area contributed by atoms with E-state index in [2.05, 4.69) is 0 Å². The predicted octanol–water partition coefficient (Wildman–Crippen LogP) is 2.41. The third kappa shape index (κ3) is 4.42. The van der Waals surface area contributed by atoms with Gasteiger partial charge < -0.3 is 9.84 Å². The average molecular weight is 206 g/mol. The third-order valence-corrected chi connectivity index (χ3v) is 1.97. The van der Waals surface area contributed by atoms with Crippen molar-refractivity contribution in [1.29, 1.82) is 0 Å². The molecule has 0 spiro atoms. The highest BCUT2D eigenvalue weighted by molar-refractivity contribution is 5.79. The summed E-state index contributed by atoms with van der Waals surface area (Å²) in [5, 5.41) is 8.35. The normalized spacial score (nSPS) is 12.9. The molecule has 0 saturated heterocycles. The van der Waals surface area contributed by atoms with E-state index in [1.807, 2.05) is 37.3 Å². The summed E-state index contributed by atoms with van der Waals surface area (Å²) in [7, 11) is 0. The van der Waals surface area contributed by atoms with Crippen LogP contribution in [-0.2, 0) is 9.53 Å². The Bertz CT molecular complexity index is 330. The highest BCUT2D eigenvalue weighted by atomic mass is 16.5. The van der Waals surface area contributed by atoms with Crippen LogP contribution in [0.25, 0.3) is 0 Å². The monoisotopic (exact) mass is 206 g/mol. The molecule has 0 fully saturated rings. The van der Waals surface area contributed by atoms with Crippen molar-refractivity contribution in [2.24, 2.45) is 0 Å². The van der Waals surface area contributed by atoms with Crippen LogP contribution in [0.5, 0.6) is 0 Å². The molecule has 1 unspecified atom stereocenters. The summed E-state index contributed by atoms with van der Waals surface area (Å²) >= 11 is 0. The summed E-state index contributed by atoms with van der Waals surface area (Å²) in [6.45, 7) is 2.24. The van der Waals surface area contributed by atoms with Gasteiger partial charge in [0.15, 0.2) is 0 Å². The van der Waals surface area contributed by atoms with Gasteiger partial charge in [0.25, 0.3) is 0 Å². The van der Waals surface area contributed by atoms with Crippen molar-refractivity contribution in [3.63, 3.8) is 0 Å². The van der Waals surface area contributed by atoms with E-state index in [0.717, 1.165) is 11.6 Å². The SMILES string of the molecule is CC(OC/C=C/C(=O)O)c1ccccc1. The molecule has 1 atom stereocenters. The zero-order valence-electron chi connectivity index (χ0n) is 8.59. The van der Waals surface area contributed by atoms with Crippen LogP contribution in [0.4, 0.5) is 0 Å². The Kier molecular flexibility index (Phi) is 4.57. The molecule has 0 saturated carbocycles. The highest BCUT2D eigenvalue weighted by Crippen LogP contribution is 2.15. The lowest BCUT2D eigenvalue weighted by atomic mass is 10.1. The topological polar surface area (TPSA) is 46.5 Å². The van der Waals surface area contributed by atoms with Crippen molar-refractivity contribution < 1.29 is 14.6 Å². The van der Waals surface area contributed by atoms with E-state index < -0.39 is 5.97 Å². The Morgan fingerprint density at radius 3 is 2.73 bits per heavy atom. The van der Waals surface area contributed by atoms with Gasteiger partial charge in [0.05, 0.1) is 12.7 Å². The molecule has 1 N–H and O–H groups in total. The van der Waals surface area contributed by atoms with Crippen LogP contribution >= 0.6 is 0 Å². The van der Waals surface area contributed by atoms with Crippen LogP contribution in [-0.4, -0.2) is 17.7 Å². The first-order chi connectivity index (χ1) is 7.20. The molecule has 0 bridgehead atoms. The summed E-state index contributed by atoms with van der Waals surface area (Å²) in [5.74, 6) is -0.953. The van der Waals surface area contributed by atoms with E-state index in [1.165, 1.54) is 6.08 Å². The Balaban J connectivity index is 2.37. The lowest BCUT2D eigenvalue weighted by Crippen LogP contribution is -2.00. The molecule has 15 heavy (non-hydrogen) atoms. The number of carbonyl (C=O) groups is 1. The summed E-state index contributed by atoms with van der Waals surface area (Å²) < 4.78 is 5.43. The molecule has 1 aromatic rings. The highest BCUT2D eigenvalue weighted by Gasteiger charge is 2.02. The number of rotatable bonds is 5. The zero-order valence-corrected chi connectivity index (χ0v) is 8.59. The van der Waals surface area contributed by atoms with Gasteiger partial charge in [-0.05, 0) is 12.5 Å². The molecule has 3 heteroatoms. The largest absolute Gasteiger partial charge is 0.478 e. The van der Waals surface area contributed by atoms with Crippen molar-refractivity contribution in [1.82, 2.24) is 0 Å². The molecule has 3 nitrogen and oxygen atoms in total. The molecule has 0 aromatic heterocycles. The Morgan fingerprint density at radius 1 is 1.47 bits per heavy atom. The summed E-state index contributed by atoms with van der Waals surface area (Å²) in [6, 6.07) is 9.79. The third-order valence-electron chi connectivity index (χ3n) is 1.97. The van der Waals surface area contributed by atoms with Crippen LogP contribution in [0.3, 0.4) is 0 Å². The predicted molar refractivity (Wildman–Crippen MR) is 57.6 cm³/mol. The number of ether oxygens (including phenoxy) is 1. The minimum Gasteiger partial charge on any atom is -0.478 e. The van der Waals surface area contributed by atoms with Gasteiger partial charge in [-0.1, -0.05) is 36.4 Å². The average Bonchev–Trinajstić information content (AvgIpc) is 2.25. The molecule has 0 aliphatic heterocycles. The van der Waals surface area contributed by atoms with E-state index in [4.69, 9.17) is 9.84 Å². The second kappa shape index (κ2) is 5.98. The first-order valence-corrected chi connectivity index (χ1v) is 4.76. The van der Waals surface area contributed by atoms with E-state index >= 15 is 0 Å². The molecule has 1 rings (SSSR count). The van der Waals surface area contributed by atoms with E-state index in [-0.39, 0.29) is 6.10 Å². The van der Waals surface area contributed by atoms with E-state index in [0.29, 0.717) is 6.61 Å². The van der Waals surface area contributed by atoms with E-state index in [1.54, 1.807) is 0 Å². The van der Waals surface area contributed by atoms with Crippen LogP contribution in [0, 0.1) is 0 Å². The molecule has 0 heterocycles. The second-order valence-corrected chi connectivity index (χ2v) is 3.13. The van der Waals surface area contributed by atoms with Crippen molar-refractivity contribution in [3.8, 4) is 0 Å². The standard InChI is InChI=1S/C12H14O3/c1-10(11-6-3-2-4-7-11)15-9-5-8-12(13)14/h2-8,10H,9H2,1H3,(H,13,14)/b8-5+. The number of hydrogen-bond donors (Lipinski definition) is 1. The molecule has 1 aromatic carbocycles. The molecular weight excluding hydrogens is 192 g/mol. The fraction of sp³-hybridized carbons (Fsp3) is 0.250. The fourth-order valence-electron chi connectivity index (χ4n) is 1.17. The lowest BCUT2D eigenvalue weighted by molar-refractivity contribution is -0.131. The maximum atomic E-state index is 10.2. The smallest absolute Gasteiger partial charge is 0.328 e. The quantitative estimate of drug-likeness (QED) is 0.752. The van der Waals surface area contributed by atoms with Crippen molar-refractivity contribution >= 4 is 5.97 Å². The van der Waals surface area contributed by atoms with Crippen LogP contribution in [0.2, 0.25) is 0 Å². The van der Waals surface area contributed by atoms with Crippen molar-refractivity contribution in [2.75, 3.05) is 6.61 Å². The van der Waals surface area contributed by atoms with Gasteiger partial charge in [-0.2, -0.15) is 0 Å². The summed E-state index contributed by atoms with van der Waals surface area (Å²) in [6.07, 6.45) is 2.55. The minimum absolute atomic E-state index is 0.0235. The van der Waals surface area contributed by atoms with Crippen LogP contribution in [0.15, 0.2) is 42.5 Å². The maximum Gasteiger partial charge on any atom is 0.328 e. The Morgan fingerprint density at radius 2 is 2.13 bits per heavy atom. The van der Waals surface area contributed by atoms with Gasteiger partial charge in [0.1, 0.15) is 0 Å². The number of carboxylic acid groups (broad SMARTS) is 1. The van der Waals surface area contributed by atoms with Gasteiger partial charge in [0, 0.05) is 6.08 Å². The molecule has 80 valence electrons. The first kappa shape index (κ1) is 11.5. The van der Waals surface area contributed by atoms with Gasteiger partial charge in [-0.25, -0.2) is 4.79 Å². The summed E-state index contributed by atoms with van der Waals surface area (Å²) in [4.78, 5) is 10.2. The van der Waals surface area contributed by atoms with Gasteiger partial charge in [-0.15, -0.1) is 0 Å². The Labute approximate surface area is 89.0 Å². The van der Waals surface area contributed by atoms with Crippen molar-refractivity contribution in [3.05, 3.63) is 48.0 Å². The second-order valence-electron chi connectivity index (χ2n) is 3.13. The van der Waals surface area contributed by atoms with Gasteiger partial charge in [0.2, 0.25) is 0 Å². The zero-order chi connectivity index (χ0) is 11.1. The number of hydrogen-bond acceptors (Lipinski definition) is 2. The van der Waals surface area contributed by atoms with Crippen LogP contribution < -0.4 is 0 Å². The van der Waals surface area contributed by atoms with Gasteiger partial charge >= 0.3 is 5.97 Å². The van der Waals surface area contributed by atoms with Gasteiger partial charge in [-0.3, -0.25) is 0 Å². The molecule has 0 aliphatic rings. The molecule has 0 aliphatic carbocycles. The number of aliphatic carboxylic acids is 1. The summed E-state index contributed by atoms with van der Waals surface area (Å²) in [5.41, 5.74) is 1.08. The minimum atomic E-state index is -0.953. The number of carboxylic acids is 1.